The maximum absolute atomic E-state index is 12.9. The molecule has 7 heteroatoms. The highest BCUT2D eigenvalue weighted by atomic mass is 15.1. The summed E-state index contributed by atoms with van der Waals surface area (Å²) in [5.74, 6) is 0. The second-order valence-corrected chi connectivity index (χ2v) is 20.5. The number of hydrogen-bond donors (Lipinski definition) is 0. The van der Waals surface area contributed by atoms with Crippen LogP contribution in [0, 0.1) is 11.3 Å². The number of nitrogens with zero attached hydrogens (tertiary/aromatic N) is 7. The van der Waals surface area contributed by atoms with Crippen LogP contribution in [-0.2, 0) is 0 Å². The lowest BCUT2D eigenvalue weighted by molar-refractivity contribution is 1.04. The van der Waals surface area contributed by atoms with Gasteiger partial charge in [-0.1, -0.05) is 176 Å². The molecule has 0 unspecified atom stereocenters. The van der Waals surface area contributed by atoms with Gasteiger partial charge in [0.05, 0.1) is 83.4 Å². The van der Waals surface area contributed by atoms with Crippen molar-refractivity contribution in [2.45, 2.75) is 0 Å². The molecule has 0 atom stereocenters. The summed E-state index contributed by atoms with van der Waals surface area (Å²) in [6.07, 6.45) is 1.88. The zero-order valence-corrected chi connectivity index (χ0v) is 42.5. The smallest absolute Gasteiger partial charge is 0.104 e. The summed E-state index contributed by atoms with van der Waals surface area (Å²) in [5, 5.41) is 22.9. The Morgan fingerprint density at radius 3 is 0.873 bits per heavy atom. The van der Waals surface area contributed by atoms with Crippen molar-refractivity contribution in [1.29, 1.82) is 5.26 Å². The van der Waals surface area contributed by atoms with E-state index >= 15 is 0 Å². The van der Waals surface area contributed by atoms with Gasteiger partial charge in [0.15, 0.2) is 0 Å². The molecule has 6 aromatic heterocycles. The fourth-order valence-electron chi connectivity index (χ4n) is 13.4. The summed E-state index contributed by atoms with van der Waals surface area (Å²) >= 11 is 0. The molecule has 6 heterocycles. The average molecular weight is 1010 g/mol. The van der Waals surface area contributed by atoms with Crippen LogP contribution in [0.4, 0.5) is 0 Å². The third-order valence-corrected chi connectivity index (χ3v) is 16.6. The van der Waals surface area contributed by atoms with Gasteiger partial charge in [-0.25, -0.2) is 0 Å². The van der Waals surface area contributed by atoms with Crippen LogP contribution < -0.4 is 0 Å². The molecule has 0 aliphatic carbocycles. The minimum Gasteiger partial charge on any atom is -0.308 e. The second-order valence-electron chi connectivity index (χ2n) is 20.5. The lowest BCUT2D eigenvalue weighted by atomic mass is 9.93. The van der Waals surface area contributed by atoms with Crippen LogP contribution in [0.15, 0.2) is 261 Å². The van der Waals surface area contributed by atoms with Crippen LogP contribution >= 0.6 is 0 Å². The molecule has 0 fully saturated rings. The third-order valence-electron chi connectivity index (χ3n) is 16.6. The first-order valence-electron chi connectivity index (χ1n) is 26.8. The zero-order valence-electron chi connectivity index (χ0n) is 42.5. The molecular formula is C72H43N7. The number of hydrogen-bond acceptors (Lipinski definition) is 2. The summed E-state index contributed by atoms with van der Waals surface area (Å²) in [6.45, 7) is 0. The quantitative estimate of drug-likeness (QED) is 0.167. The fraction of sp³-hybridized carbons (Fsp3) is 0. The third kappa shape index (κ3) is 5.92. The first-order chi connectivity index (χ1) is 39.2. The molecule has 0 saturated carbocycles. The Kier molecular flexibility index (Phi) is 9.06. The molecular weight excluding hydrogens is 963 g/mol. The molecule has 11 aromatic carbocycles. The Hall–Kier alpha value is -10.9. The summed E-state index contributed by atoms with van der Waals surface area (Å²) in [4.78, 5) is 4.91. The maximum Gasteiger partial charge on any atom is 0.104 e. The molecule has 17 aromatic rings. The van der Waals surface area contributed by atoms with Gasteiger partial charge in [0.1, 0.15) is 11.6 Å². The van der Waals surface area contributed by atoms with Gasteiger partial charge in [-0.15, -0.1) is 0 Å². The van der Waals surface area contributed by atoms with Crippen LogP contribution in [0.2, 0.25) is 0 Å². The Morgan fingerprint density at radius 1 is 0.266 bits per heavy atom. The summed E-state index contributed by atoms with van der Waals surface area (Å²) in [6, 6.07) is 94.5. The molecule has 0 bridgehead atoms. The van der Waals surface area contributed by atoms with Crippen LogP contribution in [0.1, 0.15) is 5.56 Å². The Labute approximate surface area is 452 Å². The normalized spacial score (nSPS) is 12.0. The molecule has 0 N–H and O–H groups in total. The van der Waals surface area contributed by atoms with Gasteiger partial charge in [-0.2, -0.15) is 5.26 Å². The van der Waals surface area contributed by atoms with E-state index in [0.717, 1.165) is 149 Å². The van der Waals surface area contributed by atoms with E-state index in [1.165, 1.54) is 0 Å². The van der Waals surface area contributed by atoms with E-state index < -0.39 is 0 Å². The van der Waals surface area contributed by atoms with Gasteiger partial charge in [0, 0.05) is 65.9 Å². The van der Waals surface area contributed by atoms with E-state index in [1.807, 2.05) is 12.3 Å². The van der Waals surface area contributed by atoms with Crippen molar-refractivity contribution < 1.29 is 0 Å². The predicted octanol–water partition coefficient (Wildman–Crippen LogP) is 18.1. The van der Waals surface area contributed by atoms with Crippen molar-refractivity contribution in [2.75, 3.05) is 0 Å². The molecule has 366 valence electrons. The van der Waals surface area contributed by atoms with Gasteiger partial charge in [0.2, 0.25) is 0 Å². The molecule has 0 spiro atoms. The number of benzene rings is 11. The van der Waals surface area contributed by atoms with Gasteiger partial charge >= 0.3 is 0 Å². The van der Waals surface area contributed by atoms with Crippen molar-refractivity contribution in [1.82, 2.24) is 27.8 Å². The van der Waals surface area contributed by atoms with E-state index in [9.17, 15) is 5.26 Å². The Morgan fingerprint density at radius 2 is 0.544 bits per heavy atom. The van der Waals surface area contributed by atoms with E-state index in [1.54, 1.807) is 0 Å². The molecule has 0 saturated heterocycles. The molecule has 0 aliphatic rings. The summed E-state index contributed by atoms with van der Waals surface area (Å²) in [5.41, 5.74) is 18.0. The Balaban J connectivity index is 1.17. The summed E-state index contributed by atoms with van der Waals surface area (Å²) in [7, 11) is 0. The van der Waals surface area contributed by atoms with E-state index in [4.69, 9.17) is 4.98 Å². The minimum absolute atomic E-state index is 0.532. The summed E-state index contributed by atoms with van der Waals surface area (Å²) < 4.78 is 12.0. The molecule has 7 nitrogen and oxygen atoms in total. The van der Waals surface area contributed by atoms with Gasteiger partial charge in [-0.05, 0) is 84.4 Å². The SMILES string of the molecule is N#Cc1c(-n2c3ccccc3c3ccccc32)c(-n2c3ccccc3c3ccccc32)c(-c2ccc(-n3c4ccccc4c4ncccc43)cc2)c(-n2c3ccccc3c3ccccc32)c1-n1c2ccccc2c2ccccc21. The van der Waals surface area contributed by atoms with Gasteiger partial charge in [0.25, 0.3) is 0 Å². The first kappa shape index (κ1) is 43.3. The standard InChI is InChI=1S/C72H43N7/c73-44-56-69(76-57-29-10-1-20-47(57)48-21-2-11-30-58(48)76)71(78-61-33-14-5-24-51(61)52-25-6-15-34-62(52)78)67(45-39-41-46(42-40-45)75-65-37-18-9-28-55(65)68-66(75)38-19-43-74-68)72(79-63-35-16-7-26-53(63)54-27-8-17-36-64(54)79)70(56)77-59-31-12-3-22-49(59)50-23-4-13-32-60(50)77/h1-43H. The van der Waals surface area contributed by atoms with Gasteiger partial charge in [-0.3, -0.25) is 4.98 Å². The average Bonchev–Trinajstić information content (AvgIpc) is 4.10. The molecule has 0 radical (unpaired) electrons. The highest BCUT2D eigenvalue weighted by molar-refractivity contribution is 6.17. The largest absolute Gasteiger partial charge is 0.308 e. The van der Waals surface area contributed by atoms with E-state index in [0.29, 0.717) is 5.56 Å². The van der Waals surface area contributed by atoms with Gasteiger partial charge < -0.3 is 22.8 Å². The monoisotopic (exact) mass is 1010 g/mol. The first-order valence-corrected chi connectivity index (χ1v) is 26.8. The minimum atomic E-state index is 0.532. The predicted molar refractivity (Wildman–Crippen MR) is 326 cm³/mol. The van der Waals surface area contributed by atoms with Crippen LogP contribution in [0.25, 0.3) is 149 Å². The van der Waals surface area contributed by atoms with Crippen LogP contribution in [0.5, 0.6) is 0 Å². The van der Waals surface area contributed by atoms with E-state index in [-0.39, 0.29) is 0 Å². The molecule has 0 aliphatic heterocycles. The van der Waals surface area contributed by atoms with Crippen LogP contribution in [0.3, 0.4) is 0 Å². The second kappa shape index (κ2) is 16.5. The van der Waals surface area contributed by atoms with Crippen molar-refractivity contribution in [2.24, 2.45) is 0 Å². The number of rotatable bonds is 6. The highest BCUT2D eigenvalue weighted by Crippen LogP contribution is 2.52. The number of fused-ring (bicyclic) bond motifs is 15. The Bertz CT molecular complexity index is 4940. The lowest BCUT2D eigenvalue weighted by Gasteiger charge is -2.29. The fourth-order valence-corrected chi connectivity index (χ4v) is 13.4. The molecule has 79 heavy (non-hydrogen) atoms. The lowest BCUT2D eigenvalue weighted by Crippen LogP contribution is -2.16. The number of pyridine rings is 1. The van der Waals surface area contributed by atoms with Crippen LogP contribution in [-0.4, -0.2) is 27.8 Å². The molecule has 0 amide bonds. The number of aromatic nitrogens is 6. The topological polar surface area (TPSA) is 61.3 Å². The van der Waals surface area contributed by atoms with Crippen molar-refractivity contribution in [3.8, 4) is 45.6 Å². The molecule has 17 rings (SSSR count). The van der Waals surface area contributed by atoms with E-state index in [2.05, 4.69) is 278 Å². The van der Waals surface area contributed by atoms with Crippen molar-refractivity contribution in [3.63, 3.8) is 0 Å². The highest BCUT2D eigenvalue weighted by Gasteiger charge is 2.35. The zero-order chi connectivity index (χ0) is 51.9. The maximum atomic E-state index is 12.9. The van der Waals surface area contributed by atoms with Crippen molar-refractivity contribution >= 4 is 109 Å². The van der Waals surface area contributed by atoms with Crippen molar-refractivity contribution in [3.05, 3.63) is 267 Å². The number of nitriles is 1. The number of para-hydroxylation sites is 9.